The van der Waals surface area contributed by atoms with Crippen LogP contribution in [-0.4, -0.2) is 48.9 Å². The molecule has 0 bridgehead atoms. The Labute approximate surface area is 174 Å². The second-order valence-corrected chi connectivity index (χ2v) is 9.15. The van der Waals surface area contributed by atoms with E-state index < -0.39 is 20.9 Å². The fourth-order valence-electron chi connectivity index (χ4n) is 3.40. The second kappa shape index (κ2) is 8.90. The first kappa shape index (κ1) is 21.9. The number of nitrogens with one attached hydrogen (secondary N) is 1. The van der Waals surface area contributed by atoms with Crippen LogP contribution in [0.1, 0.15) is 19.4 Å². The van der Waals surface area contributed by atoms with Crippen LogP contribution in [0.2, 0.25) is 0 Å². The van der Waals surface area contributed by atoms with Gasteiger partial charge in [-0.25, -0.2) is 8.42 Å². The summed E-state index contributed by atoms with van der Waals surface area (Å²) in [5, 5.41) is 13.7. The summed E-state index contributed by atoms with van der Waals surface area (Å²) in [5.74, 6) is -0.435. The predicted molar refractivity (Wildman–Crippen MR) is 111 cm³/mol. The van der Waals surface area contributed by atoms with Crippen LogP contribution in [0, 0.1) is 10.1 Å². The van der Waals surface area contributed by atoms with Crippen LogP contribution < -0.4 is 5.32 Å². The molecule has 3 rings (SSSR count). The van der Waals surface area contributed by atoms with Gasteiger partial charge in [-0.05, 0) is 38.1 Å². The number of carbonyl (C=O) groups is 1. The van der Waals surface area contributed by atoms with Crippen molar-refractivity contribution in [2.24, 2.45) is 0 Å². The Balaban J connectivity index is 1.69. The Hall–Kier alpha value is -2.82. The number of anilines is 1. The Morgan fingerprint density at radius 1 is 1.13 bits per heavy atom. The topological polar surface area (TPSA) is 119 Å². The maximum absolute atomic E-state index is 12.9. The molecule has 0 unspecified atom stereocenters. The molecule has 9 nitrogen and oxygen atoms in total. The van der Waals surface area contributed by atoms with E-state index >= 15 is 0 Å². The summed E-state index contributed by atoms with van der Waals surface area (Å²) in [7, 11) is -3.67. The number of carbonyl (C=O) groups excluding carboxylic acids is 1. The quantitative estimate of drug-likeness (QED) is 0.552. The summed E-state index contributed by atoms with van der Waals surface area (Å²) in [4.78, 5) is 22.9. The number of ether oxygens (including phenoxy) is 1. The molecule has 1 N–H and O–H groups in total. The Bertz CT molecular complexity index is 1030. The van der Waals surface area contributed by atoms with E-state index in [0.717, 1.165) is 0 Å². The van der Waals surface area contributed by atoms with Crippen LogP contribution in [0.5, 0.6) is 0 Å². The van der Waals surface area contributed by atoms with Crippen LogP contribution in [0.15, 0.2) is 53.4 Å². The Kier molecular flexibility index (Phi) is 6.49. The first-order valence-electron chi connectivity index (χ1n) is 9.44. The van der Waals surface area contributed by atoms with Crippen molar-refractivity contribution in [2.75, 3.05) is 18.4 Å². The zero-order chi connectivity index (χ0) is 21.9. The number of para-hydroxylation sites is 1. The molecule has 1 amide bonds. The molecule has 10 heteroatoms. The lowest BCUT2D eigenvalue weighted by Gasteiger charge is -2.34. The number of hydrogen-bond donors (Lipinski definition) is 1. The van der Waals surface area contributed by atoms with E-state index in [0.29, 0.717) is 11.3 Å². The van der Waals surface area contributed by atoms with E-state index in [-0.39, 0.29) is 42.3 Å². The van der Waals surface area contributed by atoms with Gasteiger partial charge >= 0.3 is 0 Å². The molecule has 2 aromatic rings. The number of morpholine rings is 1. The highest BCUT2D eigenvalue weighted by atomic mass is 32.2. The van der Waals surface area contributed by atoms with Crippen molar-refractivity contribution in [1.82, 2.24) is 4.31 Å². The molecule has 1 fully saturated rings. The fraction of sp³-hybridized carbons (Fsp3) is 0.350. The molecule has 0 aliphatic carbocycles. The Morgan fingerprint density at radius 2 is 1.73 bits per heavy atom. The summed E-state index contributed by atoms with van der Waals surface area (Å²) in [5.41, 5.74) is 0.582. The average Bonchev–Trinajstić information content (AvgIpc) is 2.68. The van der Waals surface area contributed by atoms with Gasteiger partial charge in [-0.2, -0.15) is 4.31 Å². The first-order chi connectivity index (χ1) is 14.2. The van der Waals surface area contributed by atoms with Gasteiger partial charge in [-0.15, -0.1) is 0 Å². The minimum absolute atomic E-state index is 0.122. The molecular weight excluding hydrogens is 410 g/mol. The van der Waals surface area contributed by atoms with Gasteiger partial charge in [0.1, 0.15) is 0 Å². The average molecular weight is 433 g/mol. The maximum atomic E-state index is 12.9. The number of nitro groups is 1. The number of amides is 1. The standard InChI is InChI=1S/C20H23N3O6S/c1-14-12-22(13-15(2)29-14)30(27,28)18-9-7-17(8-10-18)21-20(24)11-16-5-3-4-6-19(16)23(25)26/h3-10,14-15H,11-13H2,1-2H3,(H,21,24)/t14-,15+. The lowest BCUT2D eigenvalue weighted by Crippen LogP contribution is -2.48. The predicted octanol–water partition coefficient (Wildman–Crippen LogP) is 2.57. The van der Waals surface area contributed by atoms with Crippen molar-refractivity contribution in [3.63, 3.8) is 0 Å². The molecule has 30 heavy (non-hydrogen) atoms. The number of sulfonamides is 1. The fourth-order valence-corrected chi connectivity index (χ4v) is 4.99. The van der Waals surface area contributed by atoms with Crippen molar-refractivity contribution >= 4 is 27.3 Å². The lowest BCUT2D eigenvalue weighted by molar-refractivity contribution is -0.385. The number of rotatable bonds is 6. The van der Waals surface area contributed by atoms with Gasteiger partial charge in [0, 0.05) is 30.4 Å². The number of hydrogen-bond acceptors (Lipinski definition) is 6. The van der Waals surface area contributed by atoms with Gasteiger partial charge in [0.2, 0.25) is 15.9 Å². The van der Waals surface area contributed by atoms with Gasteiger partial charge in [0.25, 0.3) is 5.69 Å². The molecule has 160 valence electrons. The van der Waals surface area contributed by atoms with E-state index in [9.17, 15) is 23.3 Å². The first-order valence-corrected chi connectivity index (χ1v) is 10.9. The molecule has 1 aliphatic heterocycles. The van der Waals surface area contributed by atoms with E-state index in [1.807, 2.05) is 13.8 Å². The highest BCUT2D eigenvalue weighted by molar-refractivity contribution is 7.89. The minimum Gasteiger partial charge on any atom is -0.373 e. The largest absolute Gasteiger partial charge is 0.373 e. The normalized spacial score (nSPS) is 19.9. The van der Waals surface area contributed by atoms with Gasteiger partial charge in [-0.1, -0.05) is 18.2 Å². The molecule has 0 radical (unpaired) electrons. The maximum Gasteiger partial charge on any atom is 0.273 e. The third kappa shape index (κ3) is 5.02. The van der Waals surface area contributed by atoms with E-state index in [1.165, 1.54) is 46.8 Å². The molecule has 0 aromatic heterocycles. The molecule has 1 saturated heterocycles. The van der Waals surface area contributed by atoms with Crippen molar-refractivity contribution in [3.8, 4) is 0 Å². The van der Waals surface area contributed by atoms with E-state index in [4.69, 9.17) is 4.74 Å². The lowest BCUT2D eigenvalue weighted by atomic mass is 10.1. The zero-order valence-electron chi connectivity index (χ0n) is 16.6. The number of benzene rings is 2. The van der Waals surface area contributed by atoms with Crippen LogP contribution in [-0.2, 0) is 26.0 Å². The highest BCUT2D eigenvalue weighted by Gasteiger charge is 2.32. The molecule has 2 aromatic carbocycles. The minimum atomic E-state index is -3.67. The summed E-state index contributed by atoms with van der Waals surface area (Å²) in [6.07, 6.45) is -0.547. The molecule has 1 aliphatic rings. The molecule has 0 saturated carbocycles. The molecule has 1 heterocycles. The summed E-state index contributed by atoms with van der Waals surface area (Å²) in [6, 6.07) is 11.9. The van der Waals surface area contributed by atoms with Crippen LogP contribution in [0.25, 0.3) is 0 Å². The zero-order valence-corrected chi connectivity index (χ0v) is 17.5. The SMILES string of the molecule is C[C@@H]1CN(S(=O)(=O)c2ccc(NC(=O)Cc3ccccc3[N+](=O)[O-])cc2)C[C@H](C)O1. The molecule has 0 spiro atoms. The van der Waals surface area contributed by atoms with Gasteiger partial charge in [-0.3, -0.25) is 14.9 Å². The summed E-state index contributed by atoms with van der Waals surface area (Å²) >= 11 is 0. The van der Waals surface area contributed by atoms with Gasteiger partial charge in [0.05, 0.1) is 28.4 Å². The molecule has 2 atom stereocenters. The monoisotopic (exact) mass is 433 g/mol. The van der Waals surface area contributed by atoms with Crippen LogP contribution in [0.3, 0.4) is 0 Å². The van der Waals surface area contributed by atoms with Gasteiger partial charge in [0.15, 0.2) is 0 Å². The second-order valence-electron chi connectivity index (χ2n) is 7.21. The third-order valence-electron chi connectivity index (χ3n) is 4.70. The highest BCUT2D eigenvalue weighted by Crippen LogP contribution is 2.23. The van der Waals surface area contributed by atoms with Gasteiger partial charge < -0.3 is 10.1 Å². The van der Waals surface area contributed by atoms with E-state index in [1.54, 1.807) is 6.07 Å². The molecular formula is C20H23N3O6S. The van der Waals surface area contributed by atoms with Crippen LogP contribution >= 0.6 is 0 Å². The van der Waals surface area contributed by atoms with E-state index in [2.05, 4.69) is 5.32 Å². The Morgan fingerprint density at radius 3 is 2.33 bits per heavy atom. The number of nitro benzene ring substituents is 1. The van der Waals surface area contributed by atoms with Crippen LogP contribution in [0.4, 0.5) is 11.4 Å². The van der Waals surface area contributed by atoms with Crippen molar-refractivity contribution in [3.05, 3.63) is 64.2 Å². The van der Waals surface area contributed by atoms with Crippen molar-refractivity contribution in [1.29, 1.82) is 0 Å². The van der Waals surface area contributed by atoms with Crippen molar-refractivity contribution < 1.29 is 22.9 Å². The third-order valence-corrected chi connectivity index (χ3v) is 6.55. The summed E-state index contributed by atoms with van der Waals surface area (Å²) < 4.78 is 32.7. The smallest absolute Gasteiger partial charge is 0.273 e. The number of nitrogens with zero attached hydrogens (tertiary/aromatic N) is 2. The van der Waals surface area contributed by atoms with Crippen molar-refractivity contribution in [2.45, 2.75) is 37.4 Å². The summed E-state index contributed by atoms with van der Waals surface area (Å²) in [6.45, 7) is 4.21.